The number of hydrogen-bond acceptors (Lipinski definition) is 4. The Hall–Kier alpha value is -2.53. The molecule has 1 unspecified atom stereocenters. The van der Waals surface area contributed by atoms with E-state index in [0.29, 0.717) is 6.61 Å². The van der Waals surface area contributed by atoms with Gasteiger partial charge in [0, 0.05) is 35.6 Å². The monoisotopic (exact) mass is 339 g/mol. The van der Waals surface area contributed by atoms with Crippen LogP contribution in [0.5, 0.6) is 5.75 Å². The number of aromatic nitrogens is 1. The van der Waals surface area contributed by atoms with Crippen molar-refractivity contribution in [3.05, 3.63) is 57.5 Å². The summed E-state index contributed by atoms with van der Waals surface area (Å²) >= 11 is 0. The third-order valence-corrected chi connectivity index (χ3v) is 4.58. The largest absolute Gasteiger partial charge is 0.497 e. The lowest BCUT2D eigenvalue weighted by Crippen LogP contribution is -2.47. The highest BCUT2D eigenvalue weighted by Crippen LogP contribution is 2.12. The molecule has 1 aliphatic heterocycles. The third kappa shape index (κ3) is 3.77. The Morgan fingerprint density at radius 2 is 2.16 bits per heavy atom. The molecule has 5 heteroatoms. The lowest BCUT2D eigenvalue weighted by Gasteiger charge is -2.14. The zero-order valence-electron chi connectivity index (χ0n) is 14.9. The van der Waals surface area contributed by atoms with Gasteiger partial charge in [-0.05, 0) is 37.1 Å². The number of aryl methyl sites for hydroxylation is 1. The maximum absolute atomic E-state index is 5.89. The van der Waals surface area contributed by atoms with Crippen LogP contribution in [0, 0.1) is 6.92 Å². The number of hydrogen-bond donors (Lipinski definition) is 1. The van der Waals surface area contributed by atoms with Crippen LogP contribution in [0.1, 0.15) is 17.7 Å². The van der Waals surface area contributed by atoms with E-state index in [9.17, 15) is 0 Å². The van der Waals surface area contributed by atoms with E-state index in [2.05, 4.69) is 36.3 Å². The van der Waals surface area contributed by atoms with E-state index in [4.69, 9.17) is 20.2 Å². The van der Waals surface area contributed by atoms with Crippen LogP contribution in [0.25, 0.3) is 12.8 Å². The highest BCUT2D eigenvalue weighted by molar-refractivity contribution is 5.29. The number of nitrogens with two attached hydrogens (primary N) is 1. The van der Waals surface area contributed by atoms with Crippen LogP contribution in [-0.2, 0) is 11.3 Å². The molecule has 1 saturated heterocycles. The molecule has 5 nitrogen and oxygen atoms in total. The molecular formula is C20H25N3O2. The average Bonchev–Trinajstić information content (AvgIpc) is 3.12. The molecule has 0 aliphatic carbocycles. The Balaban J connectivity index is 2.01. The van der Waals surface area contributed by atoms with Gasteiger partial charge in [0.15, 0.2) is 0 Å². The highest BCUT2D eigenvalue weighted by Gasteiger charge is 2.14. The van der Waals surface area contributed by atoms with Crippen LogP contribution in [0.4, 0.5) is 0 Å². The molecule has 0 spiro atoms. The van der Waals surface area contributed by atoms with E-state index in [1.165, 1.54) is 5.56 Å². The molecule has 132 valence electrons. The fraction of sp³-hybridized carbons (Fsp3) is 0.350. The summed E-state index contributed by atoms with van der Waals surface area (Å²) in [6, 6.07) is 10.3. The summed E-state index contributed by atoms with van der Waals surface area (Å²) in [5, 5.41) is 2.65. The molecule has 0 saturated carbocycles. The standard InChI is InChI=1S/C20H25N3O2/c1-14-10-20(22-17-8-9-25-13-17)19(11-21)15(2)23(14)12-16-4-6-18(24-3)7-5-16/h4-7,10-11,17H,2,8-9,12-13,21H2,1,3H3. The van der Waals surface area contributed by atoms with Crippen molar-refractivity contribution in [2.24, 2.45) is 10.7 Å². The second-order valence-corrected chi connectivity index (χ2v) is 6.28. The molecule has 1 fully saturated rings. The summed E-state index contributed by atoms with van der Waals surface area (Å²) in [6.45, 7) is 8.50. The minimum Gasteiger partial charge on any atom is -0.497 e. The first kappa shape index (κ1) is 17.3. The smallest absolute Gasteiger partial charge is 0.118 e. The van der Waals surface area contributed by atoms with Crippen molar-refractivity contribution < 1.29 is 9.47 Å². The average molecular weight is 339 g/mol. The number of nitrogens with zero attached hydrogens (tertiary/aromatic N) is 2. The van der Waals surface area contributed by atoms with Crippen molar-refractivity contribution in [2.75, 3.05) is 20.3 Å². The van der Waals surface area contributed by atoms with E-state index in [-0.39, 0.29) is 6.04 Å². The fourth-order valence-electron chi connectivity index (χ4n) is 3.10. The second kappa shape index (κ2) is 7.57. The van der Waals surface area contributed by atoms with Gasteiger partial charge in [-0.3, -0.25) is 4.99 Å². The maximum atomic E-state index is 5.89. The van der Waals surface area contributed by atoms with Gasteiger partial charge in [0.25, 0.3) is 0 Å². The van der Waals surface area contributed by atoms with Gasteiger partial charge >= 0.3 is 0 Å². The molecule has 2 N–H and O–H groups in total. The van der Waals surface area contributed by atoms with Crippen LogP contribution < -0.4 is 26.4 Å². The zero-order chi connectivity index (χ0) is 17.8. The lowest BCUT2D eigenvalue weighted by atomic mass is 10.2. The lowest BCUT2D eigenvalue weighted by molar-refractivity contribution is 0.194. The van der Waals surface area contributed by atoms with Crippen LogP contribution in [0.2, 0.25) is 0 Å². The van der Waals surface area contributed by atoms with Gasteiger partial charge in [-0.2, -0.15) is 0 Å². The van der Waals surface area contributed by atoms with Crippen molar-refractivity contribution in [1.29, 1.82) is 0 Å². The van der Waals surface area contributed by atoms with E-state index in [0.717, 1.165) is 46.9 Å². The number of rotatable bonds is 4. The first-order valence-electron chi connectivity index (χ1n) is 8.48. The van der Waals surface area contributed by atoms with E-state index in [1.807, 2.05) is 12.1 Å². The van der Waals surface area contributed by atoms with E-state index < -0.39 is 0 Å². The number of methoxy groups -OCH3 is 1. The molecular weight excluding hydrogens is 314 g/mol. The summed E-state index contributed by atoms with van der Waals surface area (Å²) in [5.41, 5.74) is 8.17. The molecule has 25 heavy (non-hydrogen) atoms. The summed E-state index contributed by atoms with van der Waals surface area (Å²) in [7, 11) is 1.67. The number of pyridine rings is 1. The van der Waals surface area contributed by atoms with Crippen molar-refractivity contribution in [1.82, 2.24) is 4.57 Å². The quantitative estimate of drug-likeness (QED) is 0.890. The Morgan fingerprint density at radius 1 is 1.40 bits per heavy atom. The third-order valence-electron chi connectivity index (χ3n) is 4.58. The Kier molecular flexibility index (Phi) is 5.24. The molecule has 3 rings (SSSR count). The van der Waals surface area contributed by atoms with Crippen LogP contribution >= 0.6 is 0 Å². The maximum Gasteiger partial charge on any atom is 0.118 e. The van der Waals surface area contributed by atoms with Gasteiger partial charge < -0.3 is 19.8 Å². The Bertz CT molecular complexity index is 908. The first-order valence-corrected chi connectivity index (χ1v) is 8.48. The van der Waals surface area contributed by atoms with Crippen molar-refractivity contribution in [2.45, 2.75) is 25.9 Å². The van der Waals surface area contributed by atoms with Gasteiger partial charge in [-0.25, -0.2) is 0 Å². The zero-order valence-corrected chi connectivity index (χ0v) is 14.9. The first-order chi connectivity index (χ1) is 12.1. The molecule has 0 bridgehead atoms. The molecule has 1 aromatic carbocycles. The van der Waals surface area contributed by atoms with Crippen LogP contribution in [0.3, 0.4) is 0 Å². The molecule has 1 aliphatic rings. The van der Waals surface area contributed by atoms with Gasteiger partial charge in [0.1, 0.15) is 5.75 Å². The molecule has 0 radical (unpaired) electrons. The predicted octanol–water partition coefficient (Wildman–Crippen LogP) is 0.650. The predicted molar refractivity (Wildman–Crippen MR) is 99.5 cm³/mol. The number of benzene rings is 1. The minimum absolute atomic E-state index is 0.204. The minimum atomic E-state index is 0.204. The van der Waals surface area contributed by atoms with E-state index >= 15 is 0 Å². The van der Waals surface area contributed by atoms with Crippen molar-refractivity contribution >= 4 is 12.8 Å². The van der Waals surface area contributed by atoms with Gasteiger partial charge in [0.2, 0.25) is 0 Å². The topological polar surface area (TPSA) is 61.8 Å². The molecule has 1 aromatic heterocycles. The normalized spacial score (nSPS) is 18.7. The van der Waals surface area contributed by atoms with Crippen molar-refractivity contribution in [3.63, 3.8) is 0 Å². The number of ether oxygens (including phenoxy) is 2. The van der Waals surface area contributed by atoms with Gasteiger partial charge in [-0.1, -0.05) is 18.7 Å². The van der Waals surface area contributed by atoms with Gasteiger partial charge in [0.05, 0.1) is 25.1 Å². The molecule has 2 heterocycles. The van der Waals surface area contributed by atoms with Crippen LogP contribution in [-0.4, -0.2) is 30.9 Å². The second-order valence-electron chi connectivity index (χ2n) is 6.28. The Labute approximate surface area is 147 Å². The summed E-state index contributed by atoms with van der Waals surface area (Å²) < 4.78 is 12.8. The summed E-state index contributed by atoms with van der Waals surface area (Å²) in [6.07, 6.45) is 2.55. The van der Waals surface area contributed by atoms with Crippen molar-refractivity contribution in [3.8, 4) is 5.75 Å². The molecule has 0 amide bonds. The molecule has 1 atom stereocenters. The fourth-order valence-corrected chi connectivity index (χ4v) is 3.10. The summed E-state index contributed by atoms with van der Waals surface area (Å²) in [4.78, 5) is 4.82. The molecule has 2 aromatic rings. The SMILES string of the molecule is C=c1c(=CN)c(=NC2CCOC2)cc(C)n1Cc1ccc(OC)cc1. The van der Waals surface area contributed by atoms with Gasteiger partial charge in [-0.15, -0.1) is 0 Å². The van der Waals surface area contributed by atoms with Crippen LogP contribution in [0.15, 0.2) is 35.3 Å². The van der Waals surface area contributed by atoms with E-state index in [1.54, 1.807) is 13.3 Å². The Morgan fingerprint density at radius 3 is 2.76 bits per heavy atom. The highest BCUT2D eigenvalue weighted by atomic mass is 16.5. The summed E-state index contributed by atoms with van der Waals surface area (Å²) in [5.74, 6) is 0.851.